The number of hydrogen-bond donors (Lipinski definition) is 1. The van der Waals surface area contributed by atoms with Gasteiger partial charge in [0.2, 0.25) is 5.95 Å². The molecule has 0 saturated heterocycles. The second-order valence-corrected chi connectivity index (χ2v) is 6.17. The molecule has 0 aliphatic heterocycles. The Morgan fingerprint density at radius 2 is 1.92 bits per heavy atom. The quantitative estimate of drug-likeness (QED) is 0.925. The maximum absolute atomic E-state index is 12.6. The van der Waals surface area contributed by atoms with Crippen LogP contribution in [0, 0.1) is 6.92 Å². The minimum absolute atomic E-state index is 0.0497. The summed E-state index contributed by atoms with van der Waals surface area (Å²) >= 11 is 0. The van der Waals surface area contributed by atoms with E-state index in [1.807, 2.05) is 0 Å². The van der Waals surface area contributed by atoms with Crippen LogP contribution in [0.15, 0.2) is 36.5 Å². The van der Waals surface area contributed by atoms with Gasteiger partial charge in [-0.1, -0.05) is 6.07 Å². The number of carbonyl (C=O) groups is 2. The van der Waals surface area contributed by atoms with E-state index in [1.54, 1.807) is 45.9 Å². The highest BCUT2D eigenvalue weighted by atomic mass is 16.6. The third kappa shape index (κ3) is 4.28. The second kappa shape index (κ2) is 6.66. The Labute approximate surface area is 139 Å². The molecule has 1 N–H and O–H groups in total. The van der Waals surface area contributed by atoms with E-state index in [1.165, 1.54) is 18.3 Å². The molecule has 126 valence electrons. The number of aromatic carboxylic acids is 1. The number of nitrogens with zero attached hydrogens (tertiary/aromatic N) is 3. The summed E-state index contributed by atoms with van der Waals surface area (Å²) in [7, 11) is 0. The molecule has 0 saturated carbocycles. The van der Waals surface area contributed by atoms with Gasteiger partial charge in [0.25, 0.3) is 0 Å². The van der Waals surface area contributed by atoms with Gasteiger partial charge in [0.05, 0.1) is 11.3 Å². The number of aromatic nitrogens is 2. The van der Waals surface area contributed by atoms with E-state index in [2.05, 4.69) is 9.97 Å². The summed E-state index contributed by atoms with van der Waals surface area (Å²) in [5.41, 5.74) is 0.315. The average Bonchev–Trinajstić information content (AvgIpc) is 2.46. The van der Waals surface area contributed by atoms with Gasteiger partial charge < -0.3 is 9.84 Å². The summed E-state index contributed by atoms with van der Waals surface area (Å²) in [6.07, 6.45) is 0.839. The van der Waals surface area contributed by atoms with Crippen LogP contribution in [0.2, 0.25) is 0 Å². The summed E-state index contributed by atoms with van der Waals surface area (Å²) in [4.78, 5) is 33.3. The number of anilines is 2. The fourth-order valence-corrected chi connectivity index (χ4v) is 1.93. The van der Waals surface area contributed by atoms with Crippen molar-refractivity contribution in [1.29, 1.82) is 0 Å². The number of benzene rings is 1. The van der Waals surface area contributed by atoms with Crippen molar-refractivity contribution in [2.24, 2.45) is 0 Å². The van der Waals surface area contributed by atoms with Crippen LogP contribution >= 0.6 is 0 Å². The number of carboxylic acids is 1. The maximum atomic E-state index is 12.6. The summed E-state index contributed by atoms with van der Waals surface area (Å²) in [5.74, 6) is -0.974. The third-order valence-corrected chi connectivity index (χ3v) is 2.91. The minimum Gasteiger partial charge on any atom is -0.478 e. The standard InChI is InChI=1S/C17H19N3O4/c1-11-8-9-18-15(19-11)20(16(23)24-17(2,3)4)13-7-5-6-12(10-13)14(21)22/h5-10H,1-4H3,(H,21,22). The van der Waals surface area contributed by atoms with Crippen molar-refractivity contribution in [2.75, 3.05) is 4.90 Å². The SMILES string of the molecule is Cc1ccnc(N(C(=O)OC(C)(C)C)c2cccc(C(=O)O)c2)n1. The van der Waals surface area contributed by atoms with E-state index in [9.17, 15) is 9.59 Å². The Bertz CT molecular complexity index is 768. The van der Waals surface area contributed by atoms with E-state index in [0.717, 1.165) is 4.90 Å². The molecule has 0 aliphatic carbocycles. The average molecular weight is 329 g/mol. The minimum atomic E-state index is -1.09. The monoisotopic (exact) mass is 329 g/mol. The van der Waals surface area contributed by atoms with E-state index < -0.39 is 17.7 Å². The number of rotatable bonds is 3. The summed E-state index contributed by atoms with van der Waals surface area (Å²) in [5, 5.41) is 9.16. The van der Waals surface area contributed by atoms with E-state index in [4.69, 9.17) is 9.84 Å². The molecular formula is C17H19N3O4. The normalized spacial score (nSPS) is 11.0. The van der Waals surface area contributed by atoms with Crippen LogP contribution in [0.5, 0.6) is 0 Å². The summed E-state index contributed by atoms with van der Waals surface area (Å²) in [6, 6.07) is 7.66. The van der Waals surface area contributed by atoms with Crippen molar-refractivity contribution < 1.29 is 19.4 Å². The first kappa shape index (κ1) is 17.4. The molecule has 7 heteroatoms. The molecule has 0 atom stereocenters. The highest BCUT2D eigenvalue weighted by molar-refractivity contribution is 5.96. The van der Waals surface area contributed by atoms with E-state index in [-0.39, 0.29) is 11.5 Å². The number of aryl methyl sites for hydroxylation is 1. The molecule has 7 nitrogen and oxygen atoms in total. The Morgan fingerprint density at radius 1 is 1.21 bits per heavy atom. The third-order valence-electron chi connectivity index (χ3n) is 2.91. The molecule has 0 unspecified atom stereocenters. The molecule has 0 radical (unpaired) electrons. The lowest BCUT2D eigenvalue weighted by Gasteiger charge is -2.26. The zero-order valence-electron chi connectivity index (χ0n) is 14.0. The zero-order chi connectivity index (χ0) is 17.9. The molecule has 1 aromatic heterocycles. The van der Waals surface area contributed by atoms with Gasteiger partial charge in [0.15, 0.2) is 0 Å². The van der Waals surface area contributed by atoms with E-state index in [0.29, 0.717) is 11.4 Å². The first-order valence-corrected chi connectivity index (χ1v) is 7.33. The maximum Gasteiger partial charge on any atom is 0.421 e. The molecule has 1 amide bonds. The Hall–Kier alpha value is -2.96. The van der Waals surface area contributed by atoms with Crippen molar-refractivity contribution in [2.45, 2.75) is 33.3 Å². The number of amides is 1. The predicted octanol–water partition coefficient (Wildman–Crippen LogP) is 3.56. The Morgan fingerprint density at radius 3 is 2.50 bits per heavy atom. The lowest BCUT2D eigenvalue weighted by atomic mass is 10.2. The van der Waals surface area contributed by atoms with Gasteiger partial charge in [-0.05, 0) is 52.0 Å². The molecule has 1 aromatic carbocycles. The summed E-state index contributed by atoms with van der Waals surface area (Å²) in [6.45, 7) is 7.00. The van der Waals surface area contributed by atoms with Crippen LogP contribution in [0.4, 0.5) is 16.4 Å². The van der Waals surface area contributed by atoms with Gasteiger partial charge in [-0.3, -0.25) is 0 Å². The van der Waals surface area contributed by atoms with Crippen LogP contribution in [0.25, 0.3) is 0 Å². The van der Waals surface area contributed by atoms with Crippen LogP contribution in [-0.2, 0) is 4.74 Å². The van der Waals surface area contributed by atoms with Gasteiger partial charge in [-0.15, -0.1) is 0 Å². The van der Waals surface area contributed by atoms with Gasteiger partial charge >= 0.3 is 12.1 Å². The number of ether oxygens (including phenoxy) is 1. The van der Waals surface area contributed by atoms with Crippen LogP contribution in [-0.4, -0.2) is 32.7 Å². The van der Waals surface area contributed by atoms with Gasteiger partial charge in [0, 0.05) is 11.9 Å². The van der Waals surface area contributed by atoms with Gasteiger partial charge in [-0.2, -0.15) is 0 Å². The van der Waals surface area contributed by atoms with Crippen molar-refractivity contribution in [1.82, 2.24) is 9.97 Å². The summed E-state index contributed by atoms with van der Waals surface area (Å²) < 4.78 is 5.41. The molecule has 24 heavy (non-hydrogen) atoms. The highest BCUT2D eigenvalue weighted by Gasteiger charge is 2.27. The first-order chi connectivity index (χ1) is 11.2. The van der Waals surface area contributed by atoms with Crippen LogP contribution < -0.4 is 4.90 Å². The Balaban J connectivity index is 2.52. The first-order valence-electron chi connectivity index (χ1n) is 7.33. The molecular weight excluding hydrogens is 310 g/mol. The fourth-order valence-electron chi connectivity index (χ4n) is 1.93. The smallest absolute Gasteiger partial charge is 0.421 e. The molecule has 2 aromatic rings. The zero-order valence-corrected chi connectivity index (χ0v) is 14.0. The molecule has 0 bridgehead atoms. The highest BCUT2D eigenvalue weighted by Crippen LogP contribution is 2.26. The lowest BCUT2D eigenvalue weighted by molar-refractivity contribution is 0.0595. The topological polar surface area (TPSA) is 92.6 Å². The molecule has 0 spiro atoms. The van der Waals surface area contributed by atoms with Crippen molar-refractivity contribution in [3.05, 3.63) is 47.8 Å². The number of hydrogen-bond acceptors (Lipinski definition) is 5. The van der Waals surface area contributed by atoms with Crippen molar-refractivity contribution in [3.8, 4) is 0 Å². The number of carboxylic acid groups (broad SMARTS) is 1. The van der Waals surface area contributed by atoms with Crippen molar-refractivity contribution in [3.63, 3.8) is 0 Å². The van der Waals surface area contributed by atoms with Gasteiger partial charge in [0.1, 0.15) is 5.60 Å². The molecule has 2 rings (SSSR count). The number of carbonyl (C=O) groups excluding carboxylic acids is 1. The molecule has 0 aliphatic rings. The largest absolute Gasteiger partial charge is 0.478 e. The van der Waals surface area contributed by atoms with E-state index >= 15 is 0 Å². The predicted molar refractivity (Wildman–Crippen MR) is 88.5 cm³/mol. The second-order valence-electron chi connectivity index (χ2n) is 6.17. The molecule has 1 heterocycles. The molecule has 0 fully saturated rings. The lowest BCUT2D eigenvalue weighted by Crippen LogP contribution is -2.35. The van der Waals surface area contributed by atoms with Crippen LogP contribution in [0.3, 0.4) is 0 Å². The van der Waals surface area contributed by atoms with Crippen LogP contribution in [0.1, 0.15) is 36.8 Å². The Kier molecular flexibility index (Phi) is 4.82. The van der Waals surface area contributed by atoms with Crippen molar-refractivity contribution >= 4 is 23.7 Å². The fraction of sp³-hybridized carbons (Fsp3) is 0.294. The van der Waals surface area contributed by atoms with Gasteiger partial charge in [-0.25, -0.2) is 24.5 Å².